The van der Waals surface area contributed by atoms with Crippen LogP contribution < -0.4 is 110 Å². The zero-order chi connectivity index (χ0) is 74.2. The third kappa shape index (κ3) is 56.8. The van der Waals surface area contributed by atoms with E-state index in [0.29, 0.717) is 131 Å². The normalized spacial score (nSPS) is 11.2. The van der Waals surface area contributed by atoms with Crippen molar-refractivity contribution in [3.63, 3.8) is 0 Å². The predicted molar refractivity (Wildman–Crippen MR) is 383 cm³/mol. The fraction of sp³-hybridized carbons (Fsp3) is 0.806. The first-order chi connectivity index (χ1) is 48.2. The molecule has 0 aliphatic heterocycles. The second-order valence-electron chi connectivity index (χ2n) is 23.6. The van der Waals surface area contributed by atoms with Crippen LogP contribution in [0.25, 0.3) is 0 Å². The summed E-state index contributed by atoms with van der Waals surface area (Å²) in [7, 11) is 0. The molecule has 100 heavy (non-hydrogen) atoms. The standard InChI is InChI=1S/C62H128N26O12/c63-13-21-71-51(89)1-33-83(34-2-52(90)72-22-14-64)45-29-79-59(97)9-41-87(42-10-60(98)80-30-46-84(35-3-53(91)73-23-15-65)36-4-54(92)74-24-16-66)49-50-88(43-11-61(99)81-31-47-85(37-5-55(93)75-25-17-67)38-6-56(94)76-26-18-68)44-12-62(100)82-32-48-86(39-7-57(95)77-27-19-69)40-8-58(96)78-28-20-70/h1-50,63-70H2,(H,71,89)(H,72,90)(H,73,91)(H,74,92)(H,75,93)(H,76,94)(H,77,95)(H,78,96)(H,79,97)(H,80,98)(H,81,99)(H,82,100). The highest BCUT2D eigenvalue weighted by Gasteiger charge is 2.20. The molecule has 0 bridgehead atoms. The van der Waals surface area contributed by atoms with Crippen LogP contribution in [0.5, 0.6) is 0 Å². The molecular formula is C62H128N26O12. The fourth-order valence-electron chi connectivity index (χ4n) is 9.58. The van der Waals surface area contributed by atoms with E-state index in [1.165, 1.54) is 0 Å². The number of nitrogens with two attached hydrogens (primary N) is 8. The van der Waals surface area contributed by atoms with Gasteiger partial charge in [0, 0.05) is 326 Å². The van der Waals surface area contributed by atoms with E-state index in [0.717, 1.165) is 0 Å². The molecule has 0 aromatic carbocycles. The van der Waals surface area contributed by atoms with Crippen LogP contribution in [0, 0.1) is 0 Å². The highest BCUT2D eigenvalue weighted by Crippen LogP contribution is 2.04. The molecule has 0 saturated carbocycles. The summed E-state index contributed by atoms with van der Waals surface area (Å²) < 4.78 is 0. The SMILES string of the molecule is NCCNC(=O)CCN(CCNC(=O)CCN(CCC(=O)NCCN(CCC(=O)NCCN)CCC(=O)NCCN)CCN(CCC(=O)NCCN(CCC(=O)NCCN)CCC(=O)NCCN)CCC(=O)NCCN(CCC(=O)NCCN)CCC(=O)NCCN)CCC(=O)NCCN. The minimum atomic E-state index is -0.305. The van der Waals surface area contributed by atoms with Crippen molar-refractivity contribution in [3.8, 4) is 0 Å². The third-order valence-corrected chi connectivity index (χ3v) is 15.3. The maximum Gasteiger partial charge on any atom is 0.221 e. The molecule has 38 heteroatoms. The van der Waals surface area contributed by atoms with Gasteiger partial charge in [0.2, 0.25) is 70.9 Å². The smallest absolute Gasteiger partial charge is 0.221 e. The average Bonchev–Trinajstić information content (AvgIpc) is 1.08. The summed E-state index contributed by atoms with van der Waals surface area (Å²) in [4.78, 5) is 166. The Labute approximate surface area is 591 Å². The summed E-state index contributed by atoms with van der Waals surface area (Å²) in [6.07, 6.45) is 1.13. The van der Waals surface area contributed by atoms with Gasteiger partial charge in [-0.2, -0.15) is 0 Å². The quantitative estimate of drug-likeness (QED) is 0.0269. The Morgan fingerprint density at radius 2 is 0.250 bits per heavy atom. The molecule has 0 aliphatic carbocycles. The van der Waals surface area contributed by atoms with Crippen LogP contribution in [0.4, 0.5) is 0 Å². The molecule has 0 heterocycles. The first-order valence-electron chi connectivity index (χ1n) is 35.4. The van der Waals surface area contributed by atoms with Crippen LogP contribution >= 0.6 is 0 Å². The first kappa shape index (κ1) is 93.1. The minimum Gasteiger partial charge on any atom is -0.355 e. The maximum absolute atomic E-state index is 13.7. The lowest BCUT2D eigenvalue weighted by Gasteiger charge is -2.28. The topological polar surface area (TPSA) is 577 Å². The lowest BCUT2D eigenvalue weighted by Crippen LogP contribution is -2.43. The number of hydrogen-bond acceptors (Lipinski definition) is 26. The average molecular weight is 1430 g/mol. The van der Waals surface area contributed by atoms with E-state index in [2.05, 4.69) is 63.8 Å². The predicted octanol–water partition coefficient (Wildman–Crippen LogP) is -11.5. The molecule has 0 atom stereocenters. The highest BCUT2D eigenvalue weighted by atomic mass is 16.2. The van der Waals surface area contributed by atoms with Crippen molar-refractivity contribution in [3.05, 3.63) is 0 Å². The van der Waals surface area contributed by atoms with E-state index in [9.17, 15) is 57.5 Å². The molecule has 0 spiro atoms. The molecule has 0 rings (SSSR count). The monoisotopic (exact) mass is 1430 g/mol. The second-order valence-corrected chi connectivity index (χ2v) is 23.6. The van der Waals surface area contributed by atoms with Gasteiger partial charge in [-0.05, 0) is 0 Å². The Bertz CT molecular complexity index is 1890. The second kappa shape index (κ2) is 64.2. The highest BCUT2D eigenvalue weighted by molar-refractivity contribution is 5.80. The molecule has 12 amide bonds. The lowest BCUT2D eigenvalue weighted by atomic mass is 10.2. The molecule has 578 valence electrons. The van der Waals surface area contributed by atoms with E-state index < -0.39 is 0 Å². The van der Waals surface area contributed by atoms with E-state index in [1.807, 2.05) is 29.4 Å². The Hall–Kier alpha value is -6.92. The summed E-state index contributed by atoms with van der Waals surface area (Å²) in [5.74, 6) is -2.88. The Kier molecular flexibility index (Phi) is 59.8. The summed E-state index contributed by atoms with van der Waals surface area (Å²) in [5.41, 5.74) is 44.5. The Morgan fingerprint density at radius 3 is 0.360 bits per heavy atom. The summed E-state index contributed by atoms with van der Waals surface area (Å²) >= 11 is 0. The zero-order valence-corrected chi connectivity index (χ0v) is 59.6. The van der Waals surface area contributed by atoms with Gasteiger partial charge in [0.25, 0.3) is 0 Å². The Morgan fingerprint density at radius 1 is 0.150 bits per heavy atom. The van der Waals surface area contributed by atoms with E-state index in [1.54, 1.807) is 0 Å². The summed E-state index contributed by atoms with van der Waals surface area (Å²) in [6, 6.07) is 0. The van der Waals surface area contributed by atoms with Gasteiger partial charge in [0.05, 0.1) is 0 Å². The molecule has 28 N–H and O–H groups in total. The number of hydrogen-bond donors (Lipinski definition) is 20. The number of amides is 12. The first-order valence-corrected chi connectivity index (χ1v) is 35.4. The molecule has 38 nitrogen and oxygen atoms in total. The Balaban J connectivity index is 6.81. The van der Waals surface area contributed by atoms with Crippen molar-refractivity contribution in [2.45, 2.75) is 77.0 Å². The molecule has 0 radical (unpaired) electrons. The van der Waals surface area contributed by atoms with Crippen molar-refractivity contribution in [2.24, 2.45) is 45.9 Å². The van der Waals surface area contributed by atoms with Crippen LogP contribution in [-0.4, -0.2) is 349 Å². The van der Waals surface area contributed by atoms with Gasteiger partial charge >= 0.3 is 0 Å². The van der Waals surface area contributed by atoms with E-state index >= 15 is 0 Å². The fourth-order valence-corrected chi connectivity index (χ4v) is 9.58. The van der Waals surface area contributed by atoms with Crippen molar-refractivity contribution in [1.29, 1.82) is 0 Å². The van der Waals surface area contributed by atoms with Gasteiger partial charge in [-0.25, -0.2) is 0 Å². The van der Waals surface area contributed by atoms with Crippen molar-refractivity contribution >= 4 is 70.9 Å². The number of carbonyl (C=O) groups excluding carboxylic acids is 12. The number of carbonyl (C=O) groups is 12. The van der Waals surface area contributed by atoms with Crippen LogP contribution in [0.3, 0.4) is 0 Å². The van der Waals surface area contributed by atoms with Crippen LogP contribution in [0.15, 0.2) is 0 Å². The summed E-state index contributed by atoms with van der Waals surface area (Å²) in [6.45, 7) is 10.5. The third-order valence-electron chi connectivity index (χ3n) is 15.3. The molecule has 0 aromatic rings. The van der Waals surface area contributed by atoms with Gasteiger partial charge in [-0.15, -0.1) is 0 Å². The molecular weight excluding hydrogens is 1300 g/mol. The van der Waals surface area contributed by atoms with Crippen molar-refractivity contribution in [1.82, 2.24) is 93.2 Å². The maximum atomic E-state index is 13.7. The molecule has 0 aliphatic rings. The minimum absolute atomic E-state index is 0.00359. The van der Waals surface area contributed by atoms with Crippen LogP contribution in [0.1, 0.15) is 77.0 Å². The largest absolute Gasteiger partial charge is 0.355 e. The van der Waals surface area contributed by atoms with E-state index in [4.69, 9.17) is 45.9 Å². The number of rotatable bonds is 67. The van der Waals surface area contributed by atoms with Gasteiger partial charge < -0.3 is 139 Å². The lowest BCUT2D eigenvalue weighted by molar-refractivity contribution is -0.123. The molecule has 0 fully saturated rings. The molecule has 0 saturated heterocycles. The molecule has 0 aromatic heterocycles. The molecule has 0 unspecified atom stereocenters. The van der Waals surface area contributed by atoms with Crippen LogP contribution in [-0.2, 0) is 57.5 Å². The zero-order valence-electron chi connectivity index (χ0n) is 59.6. The van der Waals surface area contributed by atoms with Crippen LogP contribution in [0.2, 0.25) is 0 Å². The van der Waals surface area contributed by atoms with Gasteiger partial charge in [-0.3, -0.25) is 57.5 Å². The summed E-state index contributed by atoms with van der Waals surface area (Å²) in [5, 5.41) is 33.7. The number of nitrogens with zero attached hydrogens (tertiary/aromatic N) is 6. The van der Waals surface area contributed by atoms with Gasteiger partial charge in [0.1, 0.15) is 0 Å². The van der Waals surface area contributed by atoms with Gasteiger partial charge in [0.15, 0.2) is 0 Å². The van der Waals surface area contributed by atoms with E-state index in [-0.39, 0.29) is 266 Å². The van der Waals surface area contributed by atoms with Crippen molar-refractivity contribution < 1.29 is 57.5 Å². The van der Waals surface area contributed by atoms with Gasteiger partial charge in [-0.1, -0.05) is 0 Å². The number of nitrogens with one attached hydrogen (secondary N) is 12. The van der Waals surface area contributed by atoms with Crippen molar-refractivity contribution in [2.75, 3.05) is 249 Å².